The van der Waals surface area contributed by atoms with E-state index in [0.29, 0.717) is 11.5 Å². The fourth-order valence-electron chi connectivity index (χ4n) is 3.23. The summed E-state index contributed by atoms with van der Waals surface area (Å²) in [6, 6.07) is 5.14. The number of aryl methyl sites for hydroxylation is 1. The standard InChI is InChI=1S/C17H18F3N3O/c1-10-21-9-15(22-10)16(24)23-14-4-2-3-13(14)11-5-7-12(8-6-11)17(18,19)20/h5-9,13-14H,2-4H2,1H3,(H,21,22)(H,23,24). The number of rotatable bonds is 3. The highest BCUT2D eigenvalue weighted by Crippen LogP contribution is 2.36. The van der Waals surface area contributed by atoms with Crippen LogP contribution >= 0.6 is 0 Å². The lowest BCUT2D eigenvalue weighted by Gasteiger charge is -2.21. The number of imidazole rings is 1. The van der Waals surface area contributed by atoms with Crippen molar-refractivity contribution >= 4 is 5.91 Å². The number of H-pyrrole nitrogens is 1. The fraction of sp³-hybridized carbons (Fsp3) is 0.412. The van der Waals surface area contributed by atoms with Crippen molar-refractivity contribution in [2.24, 2.45) is 0 Å². The SMILES string of the molecule is Cc1ncc(C(=O)NC2CCCC2c2ccc(C(F)(F)F)cc2)[nH]1. The van der Waals surface area contributed by atoms with Crippen molar-refractivity contribution in [3.8, 4) is 0 Å². The maximum Gasteiger partial charge on any atom is 0.416 e. The summed E-state index contributed by atoms with van der Waals surface area (Å²) in [4.78, 5) is 19.1. The van der Waals surface area contributed by atoms with Crippen LogP contribution in [-0.2, 0) is 6.18 Å². The van der Waals surface area contributed by atoms with Gasteiger partial charge in [-0.05, 0) is 37.5 Å². The minimum absolute atomic E-state index is 0.0280. The van der Waals surface area contributed by atoms with Crippen molar-refractivity contribution in [1.82, 2.24) is 15.3 Å². The zero-order valence-corrected chi connectivity index (χ0v) is 13.2. The van der Waals surface area contributed by atoms with Crippen LogP contribution in [0, 0.1) is 6.92 Å². The molecule has 2 unspecified atom stereocenters. The van der Waals surface area contributed by atoms with Gasteiger partial charge in [-0.2, -0.15) is 13.2 Å². The van der Waals surface area contributed by atoms with Crippen LogP contribution < -0.4 is 5.32 Å². The second-order valence-corrected chi connectivity index (χ2v) is 6.12. The van der Waals surface area contributed by atoms with Crippen LogP contribution in [0.4, 0.5) is 13.2 Å². The first-order valence-corrected chi connectivity index (χ1v) is 7.84. The molecule has 7 heteroatoms. The number of hydrogen-bond donors (Lipinski definition) is 2. The van der Waals surface area contributed by atoms with Gasteiger partial charge in [-0.1, -0.05) is 18.6 Å². The third-order valence-electron chi connectivity index (χ3n) is 4.45. The topological polar surface area (TPSA) is 57.8 Å². The Balaban J connectivity index is 1.72. The number of nitrogens with zero attached hydrogens (tertiary/aromatic N) is 1. The molecule has 4 nitrogen and oxygen atoms in total. The molecular formula is C17H18F3N3O. The molecule has 0 radical (unpaired) electrons. The lowest BCUT2D eigenvalue weighted by molar-refractivity contribution is -0.137. The van der Waals surface area contributed by atoms with Crippen molar-refractivity contribution in [3.63, 3.8) is 0 Å². The molecule has 1 amide bonds. The Hall–Kier alpha value is -2.31. The van der Waals surface area contributed by atoms with E-state index in [1.165, 1.54) is 18.3 Å². The van der Waals surface area contributed by atoms with Crippen LogP contribution in [0.25, 0.3) is 0 Å². The average molecular weight is 337 g/mol. The van der Waals surface area contributed by atoms with E-state index in [4.69, 9.17) is 0 Å². The summed E-state index contributed by atoms with van der Waals surface area (Å²) in [5.41, 5.74) is 0.565. The number of halogens is 3. The third-order valence-corrected chi connectivity index (χ3v) is 4.45. The Morgan fingerprint density at radius 1 is 1.25 bits per heavy atom. The molecule has 0 bridgehead atoms. The summed E-state index contributed by atoms with van der Waals surface area (Å²) >= 11 is 0. The highest BCUT2D eigenvalue weighted by Gasteiger charge is 2.33. The predicted octanol–water partition coefficient (Wildman–Crippen LogP) is 3.80. The third kappa shape index (κ3) is 3.44. The lowest BCUT2D eigenvalue weighted by Crippen LogP contribution is -2.36. The first-order chi connectivity index (χ1) is 11.3. The van der Waals surface area contributed by atoms with Crippen molar-refractivity contribution in [2.45, 2.75) is 44.3 Å². The first kappa shape index (κ1) is 16.5. The number of amides is 1. The number of aromatic amines is 1. The zero-order valence-electron chi connectivity index (χ0n) is 13.2. The molecule has 0 spiro atoms. The molecule has 1 aromatic carbocycles. The number of hydrogen-bond acceptors (Lipinski definition) is 2. The van der Waals surface area contributed by atoms with Crippen LogP contribution in [0.1, 0.15) is 52.6 Å². The van der Waals surface area contributed by atoms with Crippen LogP contribution in [0.2, 0.25) is 0 Å². The van der Waals surface area contributed by atoms with E-state index in [0.717, 1.165) is 37.0 Å². The van der Waals surface area contributed by atoms with Crippen molar-refractivity contribution < 1.29 is 18.0 Å². The average Bonchev–Trinajstić information content (AvgIpc) is 3.15. The smallest absolute Gasteiger partial charge is 0.347 e. The van der Waals surface area contributed by atoms with Crippen LogP contribution in [-0.4, -0.2) is 21.9 Å². The Bertz CT molecular complexity index is 721. The van der Waals surface area contributed by atoms with Gasteiger partial charge in [0.2, 0.25) is 0 Å². The molecule has 1 aliphatic carbocycles. The molecule has 1 aliphatic rings. The fourth-order valence-corrected chi connectivity index (χ4v) is 3.23. The second kappa shape index (κ2) is 6.30. The van der Waals surface area contributed by atoms with E-state index in [9.17, 15) is 18.0 Å². The summed E-state index contributed by atoms with van der Waals surface area (Å²) in [5.74, 6) is 0.450. The molecule has 1 aromatic heterocycles. The minimum Gasteiger partial charge on any atom is -0.347 e. The van der Waals surface area contributed by atoms with Gasteiger partial charge in [0.05, 0.1) is 11.8 Å². The highest BCUT2D eigenvalue weighted by molar-refractivity contribution is 5.92. The molecule has 1 heterocycles. The summed E-state index contributed by atoms with van der Waals surface area (Å²) in [5, 5.41) is 2.97. The molecule has 128 valence electrons. The van der Waals surface area contributed by atoms with E-state index in [1.807, 2.05) is 0 Å². The van der Waals surface area contributed by atoms with E-state index in [-0.39, 0.29) is 17.9 Å². The van der Waals surface area contributed by atoms with Gasteiger partial charge in [0.1, 0.15) is 11.5 Å². The van der Waals surface area contributed by atoms with Gasteiger partial charge in [-0.25, -0.2) is 4.98 Å². The largest absolute Gasteiger partial charge is 0.416 e. The number of aromatic nitrogens is 2. The van der Waals surface area contributed by atoms with E-state index in [2.05, 4.69) is 15.3 Å². The molecule has 2 N–H and O–H groups in total. The molecule has 1 fully saturated rings. The molecule has 0 saturated heterocycles. The molecule has 0 aliphatic heterocycles. The van der Waals surface area contributed by atoms with Gasteiger partial charge in [0.15, 0.2) is 0 Å². The van der Waals surface area contributed by atoms with Crippen LogP contribution in [0.15, 0.2) is 30.5 Å². The number of nitrogens with one attached hydrogen (secondary N) is 2. The summed E-state index contributed by atoms with van der Waals surface area (Å²) in [6.45, 7) is 1.76. The number of carbonyl (C=O) groups is 1. The van der Waals surface area contributed by atoms with Gasteiger partial charge in [-0.3, -0.25) is 4.79 Å². The molecule has 1 saturated carbocycles. The van der Waals surface area contributed by atoms with Crippen LogP contribution in [0.5, 0.6) is 0 Å². The highest BCUT2D eigenvalue weighted by atomic mass is 19.4. The van der Waals surface area contributed by atoms with Crippen molar-refractivity contribution in [3.05, 3.63) is 53.1 Å². The number of benzene rings is 1. The van der Waals surface area contributed by atoms with Crippen LogP contribution in [0.3, 0.4) is 0 Å². The summed E-state index contributed by atoms with van der Waals surface area (Å²) in [6.07, 6.45) is -0.269. The summed E-state index contributed by atoms with van der Waals surface area (Å²) < 4.78 is 38.0. The Labute approximate surface area is 137 Å². The predicted molar refractivity (Wildman–Crippen MR) is 82.6 cm³/mol. The van der Waals surface area contributed by atoms with Gasteiger partial charge in [-0.15, -0.1) is 0 Å². The summed E-state index contributed by atoms with van der Waals surface area (Å²) in [7, 11) is 0. The van der Waals surface area contributed by atoms with E-state index < -0.39 is 11.7 Å². The minimum atomic E-state index is -4.33. The van der Waals surface area contributed by atoms with Gasteiger partial charge >= 0.3 is 6.18 Å². The van der Waals surface area contributed by atoms with E-state index in [1.54, 1.807) is 6.92 Å². The quantitative estimate of drug-likeness (QED) is 0.895. The molecule has 3 rings (SSSR count). The zero-order chi connectivity index (χ0) is 17.3. The maximum atomic E-state index is 12.7. The lowest BCUT2D eigenvalue weighted by atomic mass is 9.93. The van der Waals surface area contributed by atoms with Gasteiger partial charge in [0, 0.05) is 12.0 Å². The van der Waals surface area contributed by atoms with Gasteiger partial charge < -0.3 is 10.3 Å². The second-order valence-electron chi connectivity index (χ2n) is 6.12. The van der Waals surface area contributed by atoms with Crippen molar-refractivity contribution in [2.75, 3.05) is 0 Å². The Morgan fingerprint density at radius 3 is 2.54 bits per heavy atom. The Morgan fingerprint density at radius 2 is 1.96 bits per heavy atom. The molecular weight excluding hydrogens is 319 g/mol. The molecule has 24 heavy (non-hydrogen) atoms. The Kier molecular flexibility index (Phi) is 4.34. The van der Waals surface area contributed by atoms with E-state index >= 15 is 0 Å². The molecule has 2 aromatic rings. The van der Waals surface area contributed by atoms with Crippen molar-refractivity contribution in [1.29, 1.82) is 0 Å². The maximum absolute atomic E-state index is 12.7. The molecule has 2 atom stereocenters. The number of alkyl halides is 3. The first-order valence-electron chi connectivity index (χ1n) is 7.84. The van der Waals surface area contributed by atoms with Gasteiger partial charge in [0.25, 0.3) is 5.91 Å². The number of carbonyl (C=O) groups excluding carboxylic acids is 1. The normalized spacial score (nSPS) is 21.0. The monoisotopic (exact) mass is 337 g/mol.